The molecule has 5 N–H and O–H groups in total. The van der Waals surface area contributed by atoms with Crippen LogP contribution in [-0.2, 0) is 49.8 Å². The number of carboxylic acid groups (broad SMARTS) is 1. The lowest BCUT2D eigenvalue weighted by Gasteiger charge is -2.30. The fourth-order valence-corrected chi connectivity index (χ4v) is 6.25. The van der Waals surface area contributed by atoms with Gasteiger partial charge in [0.15, 0.2) is 0 Å². The summed E-state index contributed by atoms with van der Waals surface area (Å²) in [5.74, 6) is -2.57. The first-order valence-corrected chi connectivity index (χ1v) is 17.4. The molecule has 1 aromatic heterocycles. The van der Waals surface area contributed by atoms with Crippen molar-refractivity contribution in [3.8, 4) is 5.75 Å². The molecule has 1 saturated heterocycles. The van der Waals surface area contributed by atoms with E-state index in [0.717, 1.165) is 11.3 Å². The number of rotatable bonds is 6. The van der Waals surface area contributed by atoms with Crippen LogP contribution in [-0.4, -0.2) is 105 Å². The average molecular weight is 703 g/mol. The molecule has 272 valence electrons. The van der Waals surface area contributed by atoms with E-state index in [9.17, 15) is 29.1 Å². The number of carbonyl (C=O) groups excluding carboxylic acids is 4. The topological polar surface area (TPSA) is 197 Å². The van der Waals surface area contributed by atoms with E-state index in [1.165, 1.54) is 4.90 Å². The molecule has 15 heteroatoms. The van der Waals surface area contributed by atoms with E-state index in [1.54, 1.807) is 42.9 Å². The van der Waals surface area contributed by atoms with Gasteiger partial charge in [0.05, 0.1) is 18.3 Å². The average Bonchev–Trinajstić information content (AvgIpc) is 3.81. The van der Waals surface area contributed by atoms with Crippen LogP contribution < -0.4 is 26.0 Å². The van der Waals surface area contributed by atoms with E-state index in [0.29, 0.717) is 63.1 Å². The van der Waals surface area contributed by atoms with Gasteiger partial charge in [0.1, 0.15) is 36.5 Å². The molecule has 2 aromatic carbocycles. The summed E-state index contributed by atoms with van der Waals surface area (Å²) in [6, 6.07) is 11.3. The maximum absolute atomic E-state index is 14.1. The van der Waals surface area contributed by atoms with Gasteiger partial charge < -0.3 is 36.0 Å². The normalized spacial score (nSPS) is 22.9. The van der Waals surface area contributed by atoms with Gasteiger partial charge in [-0.25, -0.2) is 9.48 Å². The molecule has 4 heterocycles. The maximum atomic E-state index is 14.1. The molecule has 5 atom stereocenters. The van der Waals surface area contributed by atoms with Gasteiger partial charge in [0.25, 0.3) is 0 Å². The van der Waals surface area contributed by atoms with Crippen LogP contribution in [0.15, 0.2) is 60.8 Å². The zero-order valence-corrected chi connectivity index (χ0v) is 28.9. The van der Waals surface area contributed by atoms with Crippen molar-refractivity contribution >= 4 is 29.6 Å². The zero-order valence-electron chi connectivity index (χ0n) is 28.9. The Labute approximate surface area is 296 Å². The maximum Gasteiger partial charge on any atom is 0.326 e. The van der Waals surface area contributed by atoms with Gasteiger partial charge in [-0.15, -0.1) is 5.10 Å². The van der Waals surface area contributed by atoms with E-state index in [4.69, 9.17) is 4.74 Å². The van der Waals surface area contributed by atoms with Crippen LogP contribution in [0.2, 0.25) is 0 Å². The first-order chi connectivity index (χ1) is 24.6. The standard InChI is InChI=1S/C36H46N8O7/c1-23(37-2)32(45)38-28-11-6-10-26-22-43(42-41-26)18-19-51-27-15-13-25(14-16-27)21-30(36(49)50)40-33(46)29(20-24-8-4-3-5-9-24)39-34(47)31-12-7-17-44(31)35(28)48/h3-5,8-9,13-16,22-23,28-31,37H,6-7,10-12,17-21H2,1-2H3,(H,38,45)(H,39,47)(H,40,46)(H,49,50)/t23-,28-,29-,30-,31-/m0/s1. The third-order valence-electron chi connectivity index (χ3n) is 9.27. The Morgan fingerprint density at radius 3 is 2.49 bits per heavy atom. The smallest absolute Gasteiger partial charge is 0.326 e. The van der Waals surface area contributed by atoms with Crippen molar-refractivity contribution in [3.05, 3.63) is 77.6 Å². The molecule has 4 amide bonds. The van der Waals surface area contributed by atoms with E-state index < -0.39 is 48.0 Å². The van der Waals surface area contributed by atoms with E-state index >= 15 is 0 Å². The van der Waals surface area contributed by atoms with Gasteiger partial charge in [-0.05, 0) is 69.3 Å². The summed E-state index contributed by atoms with van der Waals surface area (Å²) >= 11 is 0. The Morgan fingerprint density at radius 1 is 1.00 bits per heavy atom. The van der Waals surface area contributed by atoms with Gasteiger partial charge in [0, 0.05) is 25.6 Å². The van der Waals surface area contributed by atoms with Gasteiger partial charge >= 0.3 is 5.97 Å². The highest BCUT2D eigenvalue weighted by atomic mass is 16.5. The highest BCUT2D eigenvalue weighted by Crippen LogP contribution is 2.21. The monoisotopic (exact) mass is 702 g/mol. The van der Waals surface area contributed by atoms with Gasteiger partial charge in [-0.3, -0.25) is 19.2 Å². The molecule has 0 unspecified atom stereocenters. The van der Waals surface area contributed by atoms with Crippen molar-refractivity contribution < 1.29 is 33.8 Å². The number of likely N-dealkylation sites (N-methyl/N-ethyl adjacent to an activating group) is 1. The summed E-state index contributed by atoms with van der Waals surface area (Å²) in [4.78, 5) is 68.5. The van der Waals surface area contributed by atoms with Crippen LogP contribution >= 0.6 is 0 Å². The van der Waals surface area contributed by atoms with Crippen molar-refractivity contribution in [2.75, 3.05) is 20.2 Å². The number of aromatic nitrogens is 3. The Kier molecular flexibility index (Phi) is 12.7. The van der Waals surface area contributed by atoms with Crippen molar-refractivity contribution in [1.29, 1.82) is 0 Å². The van der Waals surface area contributed by atoms with Crippen molar-refractivity contribution in [3.63, 3.8) is 0 Å². The summed E-state index contributed by atoms with van der Waals surface area (Å²) in [6.07, 6.45) is 4.17. The van der Waals surface area contributed by atoms with E-state index in [-0.39, 0.29) is 24.7 Å². The van der Waals surface area contributed by atoms with Gasteiger partial charge in [-0.2, -0.15) is 0 Å². The van der Waals surface area contributed by atoms with E-state index in [2.05, 4.69) is 31.6 Å². The summed E-state index contributed by atoms with van der Waals surface area (Å²) < 4.78 is 7.53. The number of fused-ring (bicyclic) bond motifs is 14. The molecule has 0 radical (unpaired) electrons. The fraction of sp³-hybridized carbons (Fsp3) is 0.472. The van der Waals surface area contributed by atoms with Crippen molar-refractivity contribution in [2.24, 2.45) is 0 Å². The predicted octanol–water partition coefficient (Wildman–Crippen LogP) is 0.617. The lowest BCUT2D eigenvalue weighted by Crippen LogP contribution is -2.58. The first kappa shape index (κ1) is 37.0. The lowest BCUT2D eigenvalue weighted by molar-refractivity contribution is -0.143. The number of aliphatic carboxylic acids is 1. The number of carbonyl (C=O) groups is 5. The number of amides is 4. The largest absolute Gasteiger partial charge is 0.492 e. The highest BCUT2D eigenvalue weighted by molar-refractivity contribution is 5.96. The molecule has 6 rings (SSSR count). The quantitative estimate of drug-likeness (QED) is 0.243. The van der Waals surface area contributed by atoms with Crippen molar-refractivity contribution in [1.82, 2.24) is 41.2 Å². The number of nitrogens with one attached hydrogen (secondary N) is 4. The van der Waals surface area contributed by atoms with Crippen LogP contribution in [0.3, 0.4) is 0 Å². The molecule has 3 aromatic rings. The van der Waals surface area contributed by atoms with Crippen LogP contribution in [0.4, 0.5) is 0 Å². The minimum atomic E-state index is -1.28. The van der Waals surface area contributed by atoms with Crippen LogP contribution in [0.25, 0.3) is 0 Å². The second-order valence-corrected chi connectivity index (χ2v) is 13.0. The molecular formula is C36H46N8O7. The SMILES string of the molecule is CN[C@@H](C)C(=O)N[C@H]1CCCc2cn(nn2)CCOc2ccc(cc2)C[C@@H](C(=O)O)NC(=O)[C@H](Cc2ccccc2)NC(=O)[C@@H]2CCCN2C1=O. The minimum Gasteiger partial charge on any atom is -0.492 e. The van der Waals surface area contributed by atoms with Gasteiger partial charge in [-0.1, -0.05) is 47.7 Å². The minimum absolute atomic E-state index is 0.000722. The molecule has 0 saturated carbocycles. The number of benzene rings is 2. The number of hydrogen-bond donors (Lipinski definition) is 5. The number of ether oxygens (including phenoxy) is 1. The summed E-state index contributed by atoms with van der Waals surface area (Å²) in [5.41, 5.74) is 2.15. The third-order valence-corrected chi connectivity index (χ3v) is 9.27. The third kappa shape index (κ3) is 10.1. The Morgan fingerprint density at radius 2 is 1.76 bits per heavy atom. The molecule has 0 aliphatic carbocycles. The zero-order chi connectivity index (χ0) is 36.3. The molecule has 51 heavy (non-hydrogen) atoms. The summed E-state index contributed by atoms with van der Waals surface area (Å²) in [5, 5.41) is 29.7. The molecule has 4 bridgehead atoms. The summed E-state index contributed by atoms with van der Waals surface area (Å²) in [7, 11) is 1.65. The van der Waals surface area contributed by atoms with Crippen LogP contribution in [0.5, 0.6) is 5.75 Å². The van der Waals surface area contributed by atoms with Crippen molar-refractivity contribution in [2.45, 2.75) is 88.6 Å². The Balaban J connectivity index is 1.43. The Hall–Kier alpha value is -5.31. The van der Waals surface area contributed by atoms with Crippen LogP contribution in [0.1, 0.15) is 49.4 Å². The molecule has 3 aliphatic heterocycles. The molecule has 3 aliphatic rings. The second kappa shape index (κ2) is 17.6. The first-order valence-electron chi connectivity index (χ1n) is 17.4. The Bertz CT molecular complexity index is 1670. The number of carboxylic acids is 1. The predicted molar refractivity (Wildman–Crippen MR) is 185 cm³/mol. The number of hydrogen-bond acceptors (Lipinski definition) is 9. The molecule has 15 nitrogen and oxygen atoms in total. The van der Waals surface area contributed by atoms with E-state index in [1.807, 2.05) is 36.5 Å². The highest BCUT2D eigenvalue weighted by Gasteiger charge is 2.39. The second-order valence-electron chi connectivity index (χ2n) is 13.0. The molecule has 1 fully saturated rings. The number of aryl methyl sites for hydroxylation is 1. The number of nitrogens with zero attached hydrogens (tertiary/aromatic N) is 4. The molecular weight excluding hydrogens is 656 g/mol. The lowest BCUT2D eigenvalue weighted by atomic mass is 10.0. The van der Waals surface area contributed by atoms with Gasteiger partial charge in [0.2, 0.25) is 23.6 Å². The fourth-order valence-electron chi connectivity index (χ4n) is 6.25. The van der Waals surface area contributed by atoms with Crippen LogP contribution in [0, 0.1) is 0 Å². The summed E-state index contributed by atoms with van der Waals surface area (Å²) in [6.45, 7) is 2.74. The molecule has 0 spiro atoms.